The van der Waals surface area contributed by atoms with Crippen molar-refractivity contribution in [3.63, 3.8) is 0 Å². The van der Waals surface area contributed by atoms with E-state index in [1.54, 1.807) is 0 Å². The first-order chi connectivity index (χ1) is 8.95. The van der Waals surface area contributed by atoms with Crippen LogP contribution in [0.1, 0.15) is 59.8 Å². The second-order valence-electron chi connectivity index (χ2n) is 7.91. The topological polar surface area (TPSA) is 18.5 Å². The molecule has 0 aromatic heterocycles. The zero-order chi connectivity index (χ0) is 13.7. The van der Waals surface area contributed by atoms with Gasteiger partial charge in [-0.1, -0.05) is 27.7 Å². The van der Waals surface area contributed by atoms with Gasteiger partial charge in [0.25, 0.3) is 0 Å². The van der Waals surface area contributed by atoms with Gasteiger partial charge in [-0.25, -0.2) is 0 Å². The maximum atomic E-state index is 6.00. The van der Waals surface area contributed by atoms with E-state index in [0.717, 1.165) is 43.8 Å². The van der Waals surface area contributed by atoms with Crippen molar-refractivity contribution in [2.24, 2.45) is 29.1 Å². The van der Waals surface area contributed by atoms with Crippen molar-refractivity contribution in [1.29, 1.82) is 0 Å². The van der Waals surface area contributed by atoms with E-state index in [1.165, 1.54) is 19.3 Å². The molecule has 19 heavy (non-hydrogen) atoms. The number of hydrogen-bond acceptors (Lipinski definition) is 2. The molecule has 2 heteroatoms. The summed E-state index contributed by atoms with van der Waals surface area (Å²) in [7, 11) is 0. The van der Waals surface area contributed by atoms with Gasteiger partial charge in [-0.15, -0.1) is 0 Å². The van der Waals surface area contributed by atoms with Crippen molar-refractivity contribution >= 4 is 0 Å². The first kappa shape index (κ1) is 13.9. The van der Waals surface area contributed by atoms with E-state index in [9.17, 15) is 0 Å². The maximum absolute atomic E-state index is 6.00. The summed E-state index contributed by atoms with van der Waals surface area (Å²) < 4.78 is 12.0. The molecule has 2 saturated carbocycles. The van der Waals surface area contributed by atoms with E-state index in [0.29, 0.717) is 11.3 Å². The van der Waals surface area contributed by atoms with E-state index in [4.69, 9.17) is 9.47 Å². The number of fused-ring (bicyclic) bond motifs is 1. The zero-order valence-corrected chi connectivity index (χ0v) is 13.1. The van der Waals surface area contributed by atoms with Gasteiger partial charge in [0.05, 0.1) is 13.2 Å². The van der Waals surface area contributed by atoms with Crippen molar-refractivity contribution in [3.05, 3.63) is 0 Å². The predicted molar refractivity (Wildman–Crippen MR) is 76.8 cm³/mol. The Balaban J connectivity index is 1.79. The molecule has 0 N–H and O–H groups in total. The monoisotopic (exact) mass is 266 g/mol. The van der Waals surface area contributed by atoms with Gasteiger partial charge in [0.2, 0.25) is 0 Å². The van der Waals surface area contributed by atoms with Gasteiger partial charge < -0.3 is 9.47 Å². The lowest BCUT2D eigenvalue weighted by Crippen LogP contribution is -2.52. The molecule has 2 aliphatic carbocycles. The standard InChI is InChI=1S/C17H30O2/c1-12(2)14-5-6-15-11-17(18-7-8-19-17)9-13(3)16(15,4)10-14/h12-15H,5-11H2,1-4H3/t13-,14-,15?,16+/m1/s1. The predicted octanol–water partition coefficient (Wildman–Crippen LogP) is 4.24. The molecule has 3 aliphatic rings. The Bertz CT molecular complexity index is 332. The third kappa shape index (κ3) is 2.25. The second kappa shape index (κ2) is 4.73. The smallest absolute Gasteiger partial charge is 0.169 e. The largest absolute Gasteiger partial charge is 0.348 e. The Kier molecular flexibility index (Phi) is 3.46. The van der Waals surface area contributed by atoms with Crippen LogP contribution in [0.15, 0.2) is 0 Å². The summed E-state index contributed by atoms with van der Waals surface area (Å²) in [5.41, 5.74) is 0.508. The van der Waals surface area contributed by atoms with Crippen LogP contribution in [0.5, 0.6) is 0 Å². The van der Waals surface area contributed by atoms with Crippen LogP contribution in [0.2, 0.25) is 0 Å². The highest BCUT2D eigenvalue weighted by Crippen LogP contribution is 2.59. The van der Waals surface area contributed by atoms with Crippen LogP contribution in [-0.2, 0) is 9.47 Å². The van der Waals surface area contributed by atoms with Crippen LogP contribution < -0.4 is 0 Å². The number of ether oxygens (including phenoxy) is 2. The molecule has 110 valence electrons. The lowest BCUT2D eigenvalue weighted by Gasteiger charge is -2.56. The van der Waals surface area contributed by atoms with Crippen molar-refractivity contribution in [2.45, 2.75) is 65.6 Å². The molecular weight excluding hydrogens is 236 g/mol. The lowest BCUT2D eigenvalue weighted by molar-refractivity contribution is -0.230. The van der Waals surface area contributed by atoms with Gasteiger partial charge in [-0.05, 0) is 48.3 Å². The first-order valence-electron chi connectivity index (χ1n) is 8.23. The molecule has 1 spiro atoms. The maximum Gasteiger partial charge on any atom is 0.169 e. The molecule has 1 saturated heterocycles. The third-order valence-electron chi connectivity index (χ3n) is 6.58. The summed E-state index contributed by atoms with van der Waals surface area (Å²) in [4.78, 5) is 0. The summed E-state index contributed by atoms with van der Waals surface area (Å²) >= 11 is 0. The molecule has 0 aromatic rings. The van der Waals surface area contributed by atoms with Crippen molar-refractivity contribution in [2.75, 3.05) is 13.2 Å². The highest BCUT2D eigenvalue weighted by Gasteiger charge is 2.55. The summed E-state index contributed by atoms with van der Waals surface area (Å²) in [5, 5.41) is 0. The van der Waals surface area contributed by atoms with Crippen molar-refractivity contribution < 1.29 is 9.47 Å². The average Bonchev–Trinajstić information content (AvgIpc) is 2.79. The number of rotatable bonds is 1. The summed E-state index contributed by atoms with van der Waals surface area (Å²) in [6.45, 7) is 11.4. The second-order valence-corrected chi connectivity index (χ2v) is 7.91. The van der Waals surface area contributed by atoms with Gasteiger partial charge in [-0.2, -0.15) is 0 Å². The van der Waals surface area contributed by atoms with Gasteiger partial charge >= 0.3 is 0 Å². The quantitative estimate of drug-likeness (QED) is 0.707. The number of hydrogen-bond donors (Lipinski definition) is 0. The van der Waals surface area contributed by atoms with Crippen molar-refractivity contribution in [1.82, 2.24) is 0 Å². The minimum Gasteiger partial charge on any atom is -0.348 e. The van der Waals surface area contributed by atoms with Crippen LogP contribution in [0.3, 0.4) is 0 Å². The summed E-state index contributed by atoms with van der Waals surface area (Å²) in [5.74, 6) is 3.05. The molecule has 0 bridgehead atoms. The fraction of sp³-hybridized carbons (Fsp3) is 1.00. The molecule has 0 aromatic carbocycles. The Hall–Kier alpha value is -0.0800. The highest BCUT2D eigenvalue weighted by atomic mass is 16.7. The average molecular weight is 266 g/mol. The lowest BCUT2D eigenvalue weighted by atomic mass is 9.52. The molecule has 2 nitrogen and oxygen atoms in total. The normalized spacial score (nSPS) is 45.6. The summed E-state index contributed by atoms with van der Waals surface area (Å²) in [6, 6.07) is 0. The molecule has 3 rings (SSSR count). The van der Waals surface area contributed by atoms with Gasteiger partial charge in [0.15, 0.2) is 5.79 Å². The zero-order valence-electron chi connectivity index (χ0n) is 13.1. The minimum absolute atomic E-state index is 0.214. The van der Waals surface area contributed by atoms with Gasteiger partial charge in [0, 0.05) is 12.8 Å². The molecule has 1 aliphatic heterocycles. The fourth-order valence-electron chi connectivity index (χ4n) is 4.98. The van der Waals surface area contributed by atoms with E-state index in [2.05, 4.69) is 27.7 Å². The van der Waals surface area contributed by atoms with Crippen LogP contribution in [0, 0.1) is 29.1 Å². The van der Waals surface area contributed by atoms with Crippen LogP contribution >= 0.6 is 0 Å². The molecule has 0 amide bonds. The molecule has 1 heterocycles. The molecule has 4 atom stereocenters. The van der Waals surface area contributed by atoms with Gasteiger partial charge in [0.1, 0.15) is 0 Å². The third-order valence-corrected chi connectivity index (χ3v) is 6.58. The Morgan fingerprint density at radius 3 is 2.32 bits per heavy atom. The van der Waals surface area contributed by atoms with E-state index in [1.807, 2.05) is 0 Å². The molecule has 1 unspecified atom stereocenters. The van der Waals surface area contributed by atoms with E-state index < -0.39 is 0 Å². The summed E-state index contributed by atoms with van der Waals surface area (Å²) in [6.07, 6.45) is 6.43. The van der Waals surface area contributed by atoms with Crippen LogP contribution in [0.4, 0.5) is 0 Å². The Morgan fingerprint density at radius 1 is 1.00 bits per heavy atom. The van der Waals surface area contributed by atoms with E-state index >= 15 is 0 Å². The molecule has 3 fully saturated rings. The Morgan fingerprint density at radius 2 is 1.68 bits per heavy atom. The fourth-order valence-corrected chi connectivity index (χ4v) is 4.98. The van der Waals surface area contributed by atoms with Gasteiger partial charge in [-0.3, -0.25) is 0 Å². The Labute approximate surface area is 118 Å². The minimum atomic E-state index is -0.214. The van der Waals surface area contributed by atoms with Crippen molar-refractivity contribution in [3.8, 4) is 0 Å². The first-order valence-corrected chi connectivity index (χ1v) is 8.23. The highest BCUT2D eigenvalue weighted by molar-refractivity contribution is 5.01. The SMILES string of the molecule is CC(C)[C@@H]1CCC2CC3(C[C@@H](C)[C@]2(C)C1)OCCO3. The molecule has 0 radical (unpaired) electrons. The molecular formula is C17H30O2. The van der Waals surface area contributed by atoms with Crippen LogP contribution in [0.25, 0.3) is 0 Å². The van der Waals surface area contributed by atoms with Crippen LogP contribution in [-0.4, -0.2) is 19.0 Å². The van der Waals surface area contributed by atoms with E-state index in [-0.39, 0.29) is 5.79 Å².